The van der Waals surface area contributed by atoms with E-state index in [0.29, 0.717) is 9.13 Å². The van der Waals surface area contributed by atoms with Crippen molar-refractivity contribution >= 4 is 44.5 Å². The monoisotopic (exact) mass is 405 g/mol. The molecule has 0 saturated heterocycles. The molecule has 0 amide bonds. The average Bonchev–Trinajstić information content (AvgIpc) is 2.26. The topological polar surface area (TPSA) is 39.2 Å². The number of esters is 1. The van der Waals surface area contributed by atoms with Crippen molar-refractivity contribution in [3.05, 3.63) is 26.6 Å². The normalized spacial score (nSPS) is 10.6. The fourth-order valence-electron chi connectivity index (χ4n) is 1.09. The van der Waals surface area contributed by atoms with Crippen LogP contribution in [-0.2, 0) is 10.1 Å². The molecule has 7 heteroatoms. The first-order valence-electron chi connectivity index (χ1n) is 4.12. The maximum absolute atomic E-state index is 12.6. The first-order chi connectivity index (χ1) is 7.52. The van der Waals surface area contributed by atoms with Crippen LogP contribution in [0.15, 0.2) is 6.20 Å². The second-order valence-corrected chi connectivity index (χ2v) is 4.42. The summed E-state index contributed by atoms with van der Waals surface area (Å²) in [5.41, 5.74) is 0.307. The van der Waals surface area contributed by atoms with Crippen molar-refractivity contribution in [3.63, 3.8) is 0 Å². The van der Waals surface area contributed by atoms with Gasteiger partial charge in [0.15, 0.2) is 5.69 Å². The van der Waals surface area contributed by atoms with Crippen molar-refractivity contribution in [3.8, 4) is 0 Å². The molecule has 88 valence electrons. The number of halogens is 4. The summed E-state index contributed by atoms with van der Waals surface area (Å²) in [6.45, 7) is 0. The van der Waals surface area contributed by atoms with Crippen LogP contribution in [-0.4, -0.2) is 18.1 Å². The highest BCUT2D eigenvalue weighted by molar-refractivity contribution is 14.1. The molecule has 0 aromatic carbocycles. The Morgan fingerprint density at radius 3 is 2.75 bits per heavy atom. The third kappa shape index (κ3) is 2.68. The molecule has 0 atom stereocenters. The number of hydrogen-bond donors (Lipinski definition) is 0. The second kappa shape index (κ2) is 5.85. The highest BCUT2D eigenvalue weighted by Crippen LogP contribution is 2.29. The first kappa shape index (κ1) is 13.8. The van der Waals surface area contributed by atoms with Crippen LogP contribution in [0.1, 0.15) is 28.0 Å². The van der Waals surface area contributed by atoms with Crippen LogP contribution in [0.4, 0.5) is 8.78 Å². The summed E-state index contributed by atoms with van der Waals surface area (Å²) < 4.78 is 30.0. The van der Waals surface area contributed by atoms with E-state index in [1.807, 2.05) is 0 Å². The Labute approximate surface area is 113 Å². The zero-order chi connectivity index (χ0) is 12.3. The predicted octanol–water partition coefficient (Wildman–Crippen LogP) is 3.31. The maximum Gasteiger partial charge on any atom is 0.356 e. The van der Waals surface area contributed by atoms with Gasteiger partial charge in [-0.05, 0) is 22.6 Å². The molecule has 16 heavy (non-hydrogen) atoms. The molecule has 0 unspecified atom stereocenters. The molecule has 0 radical (unpaired) electrons. The number of alkyl halides is 3. The lowest BCUT2D eigenvalue weighted by atomic mass is 10.1. The Morgan fingerprint density at radius 1 is 1.69 bits per heavy atom. The third-order valence-corrected chi connectivity index (χ3v) is 3.72. The number of rotatable bonds is 3. The summed E-state index contributed by atoms with van der Waals surface area (Å²) in [5.74, 6) is -0.631. The van der Waals surface area contributed by atoms with E-state index in [1.165, 1.54) is 7.11 Å². The molecule has 0 saturated carbocycles. The number of pyridine rings is 1. The van der Waals surface area contributed by atoms with E-state index < -0.39 is 12.4 Å². The molecule has 1 aromatic rings. The van der Waals surface area contributed by atoms with E-state index in [4.69, 9.17) is 0 Å². The molecule has 0 fully saturated rings. The van der Waals surface area contributed by atoms with E-state index >= 15 is 0 Å². The van der Waals surface area contributed by atoms with E-state index in [-0.39, 0.29) is 16.6 Å². The minimum absolute atomic E-state index is 0.0631. The fourth-order valence-corrected chi connectivity index (χ4v) is 2.98. The molecular weight excluding hydrogens is 399 g/mol. The van der Waals surface area contributed by atoms with Gasteiger partial charge in [-0.15, -0.1) is 0 Å². The van der Waals surface area contributed by atoms with Gasteiger partial charge in [0.2, 0.25) is 0 Å². The van der Waals surface area contributed by atoms with Crippen molar-refractivity contribution < 1.29 is 18.3 Å². The maximum atomic E-state index is 12.6. The van der Waals surface area contributed by atoms with Gasteiger partial charge in [0.25, 0.3) is 6.43 Å². The predicted molar refractivity (Wildman–Crippen MR) is 65.9 cm³/mol. The molecule has 1 heterocycles. The minimum Gasteiger partial charge on any atom is -0.464 e. The summed E-state index contributed by atoms with van der Waals surface area (Å²) in [4.78, 5) is 15.0. The molecule has 1 aromatic heterocycles. The number of hydrogen-bond acceptors (Lipinski definition) is 3. The van der Waals surface area contributed by atoms with Crippen molar-refractivity contribution in [2.45, 2.75) is 11.8 Å². The molecule has 0 aliphatic carbocycles. The van der Waals surface area contributed by atoms with Gasteiger partial charge in [0, 0.05) is 26.2 Å². The number of aromatic nitrogens is 1. The fraction of sp³-hybridized carbons (Fsp3) is 0.333. The molecule has 0 bridgehead atoms. The van der Waals surface area contributed by atoms with Gasteiger partial charge in [-0.25, -0.2) is 18.6 Å². The Hall–Kier alpha value is -0.310. The lowest BCUT2D eigenvalue weighted by molar-refractivity contribution is 0.0592. The van der Waals surface area contributed by atoms with E-state index in [0.717, 1.165) is 6.20 Å². The first-order valence-corrected chi connectivity index (χ1v) is 6.32. The molecule has 0 N–H and O–H groups in total. The lowest BCUT2D eigenvalue weighted by Gasteiger charge is -2.10. The van der Waals surface area contributed by atoms with Crippen LogP contribution in [0, 0.1) is 3.57 Å². The molecular formula is C9H7BrF2INO2. The van der Waals surface area contributed by atoms with E-state index in [1.54, 1.807) is 22.6 Å². The van der Waals surface area contributed by atoms with Crippen molar-refractivity contribution in [1.29, 1.82) is 0 Å². The molecule has 3 nitrogen and oxygen atoms in total. The van der Waals surface area contributed by atoms with Crippen molar-refractivity contribution in [2.75, 3.05) is 7.11 Å². The number of carbonyl (C=O) groups is 1. The standard InChI is InChI=1S/C9H7BrF2INO2/c1-16-9(15)7-4(2-10)6(13)5(3-14-7)8(11)12/h3,8H,2H2,1H3. The highest BCUT2D eigenvalue weighted by Gasteiger charge is 2.21. The van der Waals surface area contributed by atoms with Gasteiger partial charge < -0.3 is 4.74 Å². The average molecular weight is 406 g/mol. The van der Waals surface area contributed by atoms with Gasteiger partial charge >= 0.3 is 5.97 Å². The van der Waals surface area contributed by atoms with Crippen LogP contribution in [0.5, 0.6) is 0 Å². The van der Waals surface area contributed by atoms with Crippen LogP contribution >= 0.6 is 38.5 Å². The minimum atomic E-state index is -2.61. The molecule has 0 aliphatic rings. The smallest absolute Gasteiger partial charge is 0.356 e. The van der Waals surface area contributed by atoms with Crippen LogP contribution in [0.25, 0.3) is 0 Å². The Kier molecular flexibility index (Phi) is 5.03. The van der Waals surface area contributed by atoms with Crippen LogP contribution < -0.4 is 0 Å². The third-order valence-electron chi connectivity index (χ3n) is 1.88. The number of nitrogens with zero attached hydrogens (tertiary/aromatic N) is 1. The summed E-state index contributed by atoms with van der Waals surface area (Å²) in [7, 11) is 1.22. The Morgan fingerprint density at radius 2 is 2.31 bits per heavy atom. The van der Waals surface area contributed by atoms with Gasteiger partial charge in [-0.1, -0.05) is 15.9 Å². The summed E-state index contributed by atoms with van der Waals surface area (Å²) in [6.07, 6.45) is -1.60. The van der Waals surface area contributed by atoms with Gasteiger partial charge in [0.1, 0.15) is 0 Å². The zero-order valence-electron chi connectivity index (χ0n) is 8.14. The van der Waals surface area contributed by atoms with Crippen molar-refractivity contribution in [1.82, 2.24) is 4.98 Å². The number of ether oxygens (including phenoxy) is 1. The van der Waals surface area contributed by atoms with Crippen LogP contribution in [0.2, 0.25) is 0 Å². The van der Waals surface area contributed by atoms with E-state index in [2.05, 4.69) is 25.7 Å². The molecule has 0 spiro atoms. The largest absolute Gasteiger partial charge is 0.464 e. The van der Waals surface area contributed by atoms with E-state index in [9.17, 15) is 13.6 Å². The molecule has 1 rings (SSSR count). The van der Waals surface area contributed by atoms with Crippen LogP contribution in [0.3, 0.4) is 0 Å². The molecule has 0 aliphatic heterocycles. The number of carbonyl (C=O) groups excluding carboxylic acids is 1. The quantitative estimate of drug-likeness (QED) is 0.440. The summed E-state index contributed by atoms with van der Waals surface area (Å²) >= 11 is 4.92. The Bertz CT molecular complexity index is 415. The highest BCUT2D eigenvalue weighted by atomic mass is 127. The van der Waals surface area contributed by atoms with Gasteiger partial charge in [-0.3, -0.25) is 0 Å². The summed E-state index contributed by atoms with van der Waals surface area (Å²) in [5, 5.41) is 0.267. The lowest BCUT2D eigenvalue weighted by Crippen LogP contribution is -2.11. The van der Waals surface area contributed by atoms with Gasteiger partial charge in [0.05, 0.1) is 7.11 Å². The SMILES string of the molecule is COC(=O)c1ncc(C(F)F)c(I)c1CBr. The summed E-state index contributed by atoms with van der Waals surface area (Å²) in [6, 6.07) is 0. The Balaban J connectivity index is 3.35. The second-order valence-electron chi connectivity index (χ2n) is 2.78. The number of methoxy groups -OCH3 is 1. The van der Waals surface area contributed by atoms with Crippen molar-refractivity contribution in [2.24, 2.45) is 0 Å². The van der Waals surface area contributed by atoms with Gasteiger partial charge in [-0.2, -0.15) is 0 Å². The zero-order valence-corrected chi connectivity index (χ0v) is 11.9.